The van der Waals surface area contributed by atoms with Crippen LogP contribution in [0.2, 0.25) is 0 Å². The minimum atomic E-state index is -0.0604. The molecule has 1 amide bonds. The number of carbonyl (C=O) groups excluding carboxylic acids is 1. The van der Waals surface area contributed by atoms with E-state index in [2.05, 4.69) is 36.4 Å². The van der Waals surface area contributed by atoms with Crippen LogP contribution in [0.3, 0.4) is 0 Å². The molecule has 2 N–H and O–H groups in total. The van der Waals surface area contributed by atoms with E-state index >= 15 is 0 Å². The molecule has 0 radical (unpaired) electrons. The summed E-state index contributed by atoms with van der Waals surface area (Å²) in [5.41, 5.74) is 2.40. The molecule has 100 valence electrons. The standard InChI is InChI=1S/C14H23N3O/c1-5-6-15-13-7-11(4)16-9-12(13)14(18)17-8-10(2)3/h7,9-10H,5-6,8H2,1-4H3,(H,15,16)(H,17,18). The molecule has 0 aliphatic rings. The number of amides is 1. The predicted octanol–water partition coefficient (Wildman–Crippen LogP) is 2.60. The van der Waals surface area contributed by atoms with Gasteiger partial charge in [-0.1, -0.05) is 20.8 Å². The number of pyridine rings is 1. The maximum Gasteiger partial charge on any atom is 0.254 e. The van der Waals surface area contributed by atoms with E-state index in [4.69, 9.17) is 0 Å². The van der Waals surface area contributed by atoms with E-state index in [1.807, 2.05) is 13.0 Å². The SMILES string of the molecule is CCCNc1cc(C)ncc1C(=O)NCC(C)C. The van der Waals surface area contributed by atoms with Gasteiger partial charge in [0.15, 0.2) is 0 Å². The van der Waals surface area contributed by atoms with Crippen molar-refractivity contribution in [2.24, 2.45) is 5.92 Å². The summed E-state index contributed by atoms with van der Waals surface area (Å²) in [5.74, 6) is 0.384. The van der Waals surface area contributed by atoms with E-state index in [-0.39, 0.29) is 5.91 Å². The summed E-state index contributed by atoms with van der Waals surface area (Å²) in [6.45, 7) is 9.70. The van der Waals surface area contributed by atoms with Crippen LogP contribution >= 0.6 is 0 Å². The second-order valence-corrected chi connectivity index (χ2v) is 4.90. The molecule has 18 heavy (non-hydrogen) atoms. The van der Waals surface area contributed by atoms with Crippen molar-refractivity contribution in [1.29, 1.82) is 0 Å². The number of nitrogens with one attached hydrogen (secondary N) is 2. The van der Waals surface area contributed by atoms with Crippen LogP contribution in [0.4, 0.5) is 5.69 Å². The number of hydrogen-bond acceptors (Lipinski definition) is 3. The van der Waals surface area contributed by atoms with Crippen molar-refractivity contribution < 1.29 is 4.79 Å². The van der Waals surface area contributed by atoms with Crippen molar-refractivity contribution >= 4 is 11.6 Å². The normalized spacial score (nSPS) is 10.5. The van der Waals surface area contributed by atoms with Gasteiger partial charge in [-0.15, -0.1) is 0 Å². The van der Waals surface area contributed by atoms with Gasteiger partial charge < -0.3 is 10.6 Å². The highest BCUT2D eigenvalue weighted by atomic mass is 16.1. The molecular formula is C14H23N3O. The summed E-state index contributed by atoms with van der Waals surface area (Å²) >= 11 is 0. The Kier molecular flexibility index (Phi) is 5.62. The molecule has 4 nitrogen and oxygen atoms in total. The summed E-state index contributed by atoms with van der Waals surface area (Å²) in [6.07, 6.45) is 2.66. The summed E-state index contributed by atoms with van der Waals surface area (Å²) < 4.78 is 0. The largest absolute Gasteiger partial charge is 0.384 e. The number of hydrogen-bond donors (Lipinski definition) is 2. The third-order valence-electron chi connectivity index (χ3n) is 2.52. The first-order chi connectivity index (χ1) is 8.54. The quantitative estimate of drug-likeness (QED) is 0.814. The van der Waals surface area contributed by atoms with Crippen LogP contribution in [-0.4, -0.2) is 24.0 Å². The molecule has 0 unspecified atom stereocenters. The molecule has 0 spiro atoms. The Morgan fingerprint density at radius 1 is 1.44 bits per heavy atom. The summed E-state index contributed by atoms with van der Waals surface area (Å²) in [4.78, 5) is 16.2. The zero-order valence-electron chi connectivity index (χ0n) is 11.7. The second kappa shape index (κ2) is 6.99. The Bertz CT molecular complexity index is 402. The first kappa shape index (κ1) is 14.5. The first-order valence-corrected chi connectivity index (χ1v) is 6.53. The lowest BCUT2D eigenvalue weighted by atomic mass is 10.1. The minimum Gasteiger partial charge on any atom is -0.384 e. The first-order valence-electron chi connectivity index (χ1n) is 6.53. The molecule has 0 bridgehead atoms. The van der Waals surface area contributed by atoms with Gasteiger partial charge in [-0.05, 0) is 25.3 Å². The zero-order valence-corrected chi connectivity index (χ0v) is 11.7. The zero-order chi connectivity index (χ0) is 13.5. The number of aromatic nitrogens is 1. The molecule has 1 aromatic rings. The fraction of sp³-hybridized carbons (Fsp3) is 0.571. The van der Waals surface area contributed by atoms with Gasteiger partial charge in [0.2, 0.25) is 0 Å². The van der Waals surface area contributed by atoms with Crippen molar-refractivity contribution in [1.82, 2.24) is 10.3 Å². The fourth-order valence-electron chi connectivity index (χ4n) is 1.54. The molecule has 0 aliphatic heterocycles. The van der Waals surface area contributed by atoms with E-state index in [9.17, 15) is 4.79 Å². The fourth-order valence-corrected chi connectivity index (χ4v) is 1.54. The minimum absolute atomic E-state index is 0.0604. The predicted molar refractivity (Wildman–Crippen MR) is 74.9 cm³/mol. The molecular weight excluding hydrogens is 226 g/mol. The molecule has 1 aromatic heterocycles. The van der Waals surface area contributed by atoms with E-state index < -0.39 is 0 Å². The van der Waals surface area contributed by atoms with Crippen LogP contribution in [0, 0.1) is 12.8 Å². The third kappa shape index (κ3) is 4.35. The molecule has 0 saturated heterocycles. The van der Waals surface area contributed by atoms with Crippen molar-refractivity contribution in [3.05, 3.63) is 23.5 Å². The molecule has 0 aromatic carbocycles. The molecule has 4 heteroatoms. The summed E-state index contributed by atoms with van der Waals surface area (Å²) in [5, 5.41) is 6.19. The maximum absolute atomic E-state index is 12.1. The Labute approximate surface area is 109 Å². The van der Waals surface area contributed by atoms with Crippen molar-refractivity contribution in [3.63, 3.8) is 0 Å². The molecule has 1 heterocycles. The Morgan fingerprint density at radius 3 is 2.78 bits per heavy atom. The van der Waals surface area contributed by atoms with Gasteiger partial charge in [-0.2, -0.15) is 0 Å². The highest BCUT2D eigenvalue weighted by molar-refractivity contribution is 5.99. The van der Waals surface area contributed by atoms with Crippen LogP contribution in [0.15, 0.2) is 12.3 Å². The molecule has 0 fully saturated rings. The number of nitrogens with zero attached hydrogens (tertiary/aromatic N) is 1. The van der Waals surface area contributed by atoms with Gasteiger partial charge in [0, 0.05) is 25.0 Å². The third-order valence-corrected chi connectivity index (χ3v) is 2.52. The number of anilines is 1. The lowest BCUT2D eigenvalue weighted by Gasteiger charge is -2.13. The summed E-state index contributed by atoms with van der Waals surface area (Å²) in [6, 6.07) is 1.92. The highest BCUT2D eigenvalue weighted by Crippen LogP contribution is 2.15. The highest BCUT2D eigenvalue weighted by Gasteiger charge is 2.12. The van der Waals surface area contributed by atoms with Gasteiger partial charge in [0.1, 0.15) is 0 Å². The van der Waals surface area contributed by atoms with E-state index in [1.54, 1.807) is 6.20 Å². The van der Waals surface area contributed by atoms with Crippen molar-refractivity contribution in [2.75, 3.05) is 18.4 Å². The number of aryl methyl sites for hydroxylation is 1. The van der Waals surface area contributed by atoms with Crippen molar-refractivity contribution in [2.45, 2.75) is 34.1 Å². The van der Waals surface area contributed by atoms with Gasteiger partial charge >= 0.3 is 0 Å². The second-order valence-electron chi connectivity index (χ2n) is 4.90. The number of rotatable bonds is 6. The summed E-state index contributed by atoms with van der Waals surface area (Å²) in [7, 11) is 0. The smallest absolute Gasteiger partial charge is 0.254 e. The molecule has 1 rings (SSSR count). The van der Waals surface area contributed by atoms with Gasteiger partial charge in [-0.25, -0.2) is 0 Å². The van der Waals surface area contributed by atoms with Crippen molar-refractivity contribution in [3.8, 4) is 0 Å². The van der Waals surface area contributed by atoms with Crippen LogP contribution in [0.25, 0.3) is 0 Å². The molecule has 0 atom stereocenters. The Balaban J connectivity index is 2.82. The van der Waals surface area contributed by atoms with Crippen LogP contribution in [0.1, 0.15) is 43.2 Å². The van der Waals surface area contributed by atoms with Crippen LogP contribution < -0.4 is 10.6 Å². The van der Waals surface area contributed by atoms with Crippen LogP contribution in [-0.2, 0) is 0 Å². The molecule has 0 aliphatic carbocycles. The molecule has 0 saturated carbocycles. The monoisotopic (exact) mass is 249 g/mol. The van der Waals surface area contributed by atoms with E-state index in [1.165, 1.54) is 0 Å². The van der Waals surface area contributed by atoms with E-state index in [0.717, 1.165) is 24.3 Å². The topological polar surface area (TPSA) is 54.0 Å². The lowest BCUT2D eigenvalue weighted by molar-refractivity contribution is 0.0949. The Morgan fingerprint density at radius 2 is 2.17 bits per heavy atom. The van der Waals surface area contributed by atoms with Gasteiger partial charge in [-0.3, -0.25) is 9.78 Å². The average molecular weight is 249 g/mol. The lowest BCUT2D eigenvalue weighted by Crippen LogP contribution is -2.28. The van der Waals surface area contributed by atoms with E-state index in [0.29, 0.717) is 18.0 Å². The Hall–Kier alpha value is -1.58. The van der Waals surface area contributed by atoms with Gasteiger partial charge in [0.05, 0.1) is 11.3 Å². The average Bonchev–Trinajstić information content (AvgIpc) is 2.33. The van der Waals surface area contributed by atoms with Crippen LogP contribution in [0.5, 0.6) is 0 Å². The van der Waals surface area contributed by atoms with Gasteiger partial charge in [0.25, 0.3) is 5.91 Å². The maximum atomic E-state index is 12.1. The number of carbonyl (C=O) groups is 1.